The van der Waals surface area contributed by atoms with Crippen molar-refractivity contribution in [2.75, 3.05) is 33.3 Å². The Kier molecular flexibility index (Phi) is 3.71. The number of morpholine rings is 1. The highest BCUT2D eigenvalue weighted by Crippen LogP contribution is 2.23. The molecule has 2 atom stereocenters. The van der Waals surface area contributed by atoms with Gasteiger partial charge in [-0.15, -0.1) is 5.10 Å². The number of nitrogens with zero attached hydrogens (tertiary/aromatic N) is 5. The molecule has 0 spiro atoms. The first-order valence-electron chi connectivity index (χ1n) is 7.20. The number of aryl methyl sites for hydroxylation is 1. The minimum absolute atomic E-state index is 0.0189. The summed E-state index contributed by atoms with van der Waals surface area (Å²) in [6.45, 7) is 5.76. The fraction of sp³-hybridized carbons (Fsp3) is 0.769. The van der Waals surface area contributed by atoms with Crippen LogP contribution in [0, 0.1) is 0 Å². The summed E-state index contributed by atoms with van der Waals surface area (Å²) in [4.78, 5) is 16.9. The molecule has 110 valence electrons. The van der Waals surface area contributed by atoms with Crippen LogP contribution >= 0.6 is 0 Å². The molecule has 2 aliphatic heterocycles. The predicted octanol–water partition coefficient (Wildman–Crippen LogP) is -0.157. The summed E-state index contributed by atoms with van der Waals surface area (Å²) in [5.41, 5.74) is 0.571. The molecular formula is C13H21N5O2. The summed E-state index contributed by atoms with van der Waals surface area (Å²) in [7, 11) is 2.09. The van der Waals surface area contributed by atoms with Crippen LogP contribution in [-0.2, 0) is 11.3 Å². The van der Waals surface area contributed by atoms with E-state index in [1.807, 2.05) is 11.8 Å². The average molecular weight is 279 g/mol. The van der Waals surface area contributed by atoms with Gasteiger partial charge < -0.3 is 14.5 Å². The van der Waals surface area contributed by atoms with Crippen molar-refractivity contribution in [1.82, 2.24) is 24.8 Å². The lowest BCUT2D eigenvalue weighted by molar-refractivity contribution is -0.0872. The number of piperidine rings is 1. The molecule has 20 heavy (non-hydrogen) atoms. The van der Waals surface area contributed by atoms with Gasteiger partial charge in [-0.05, 0) is 20.4 Å². The van der Waals surface area contributed by atoms with Crippen LogP contribution in [-0.4, -0.2) is 76.1 Å². The lowest BCUT2D eigenvalue weighted by atomic mass is 9.99. The number of aromatic nitrogens is 3. The number of amides is 1. The van der Waals surface area contributed by atoms with Crippen LogP contribution in [0.1, 0.15) is 23.8 Å². The Bertz CT molecular complexity index is 489. The van der Waals surface area contributed by atoms with E-state index in [2.05, 4.69) is 22.3 Å². The highest BCUT2D eigenvalue weighted by molar-refractivity contribution is 5.92. The number of likely N-dealkylation sites (tertiary alicyclic amines) is 1. The Morgan fingerprint density at radius 2 is 2.35 bits per heavy atom. The lowest BCUT2D eigenvalue weighted by Gasteiger charge is -2.46. The van der Waals surface area contributed by atoms with Gasteiger partial charge in [-0.3, -0.25) is 4.79 Å². The molecule has 2 saturated heterocycles. The molecule has 0 radical (unpaired) electrons. The summed E-state index contributed by atoms with van der Waals surface area (Å²) in [5, 5.41) is 7.80. The summed E-state index contributed by atoms with van der Waals surface area (Å²) < 4.78 is 7.48. The molecule has 7 nitrogen and oxygen atoms in total. The van der Waals surface area contributed by atoms with Gasteiger partial charge in [0.2, 0.25) is 0 Å². The summed E-state index contributed by atoms with van der Waals surface area (Å²) >= 11 is 0. The molecule has 1 aromatic heterocycles. The highest BCUT2D eigenvalue weighted by atomic mass is 16.5. The molecule has 0 saturated carbocycles. The maximum Gasteiger partial charge on any atom is 0.274 e. The topological polar surface area (TPSA) is 63.5 Å². The molecule has 0 aliphatic carbocycles. The third kappa shape index (κ3) is 2.31. The lowest BCUT2D eigenvalue weighted by Crippen LogP contribution is -2.61. The van der Waals surface area contributed by atoms with Crippen LogP contribution < -0.4 is 0 Å². The Morgan fingerprint density at radius 3 is 3.15 bits per heavy atom. The van der Waals surface area contributed by atoms with E-state index < -0.39 is 0 Å². The van der Waals surface area contributed by atoms with Crippen molar-refractivity contribution in [3.63, 3.8) is 0 Å². The zero-order chi connectivity index (χ0) is 14.1. The number of fused-ring (bicyclic) bond motifs is 1. The van der Waals surface area contributed by atoms with E-state index >= 15 is 0 Å². The molecule has 3 heterocycles. The first-order chi connectivity index (χ1) is 9.70. The van der Waals surface area contributed by atoms with Crippen molar-refractivity contribution in [3.05, 3.63) is 11.9 Å². The third-order valence-corrected chi connectivity index (χ3v) is 4.18. The van der Waals surface area contributed by atoms with Crippen LogP contribution in [0.2, 0.25) is 0 Å². The van der Waals surface area contributed by atoms with Gasteiger partial charge in [0.05, 0.1) is 24.9 Å². The Labute approximate surface area is 118 Å². The number of carbonyl (C=O) groups excluding carboxylic acids is 1. The zero-order valence-corrected chi connectivity index (χ0v) is 12.0. The Balaban J connectivity index is 1.82. The van der Waals surface area contributed by atoms with Crippen molar-refractivity contribution >= 4 is 5.91 Å². The summed E-state index contributed by atoms with van der Waals surface area (Å²) in [6, 6.07) is 0.134. The van der Waals surface area contributed by atoms with E-state index in [9.17, 15) is 4.79 Å². The minimum atomic E-state index is 0.0189. The quantitative estimate of drug-likeness (QED) is 0.753. The van der Waals surface area contributed by atoms with E-state index in [1.54, 1.807) is 10.9 Å². The molecule has 0 aromatic carbocycles. The van der Waals surface area contributed by atoms with Gasteiger partial charge in [-0.25, -0.2) is 4.68 Å². The van der Waals surface area contributed by atoms with E-state index in [0.717, 1.165) is 19.5 Å². The van der Waals surface area contributed by atoms with Gasteiger partial charge in [0.1, 0.15) is 5.69 Å². The van der Waals surface area contributed by atoms with E-state index in [0.29, 0.717) is 25.4 Å². The van der Waals surface area contributed by atoms with Crippen LogP contribution in [0.5, 0.6) is 0 Å². The molecule has 2 aliphatic rings. The van der Waals surface area contributed by atoms with Gasteiger partial charge >= 0.3 is 0 Å². The first kappa shape index (κ1) is 13.5. The van der Waals surface area contributed by atoms with Gasteiger partial charge in [0.25, 0.3) is 5.91 Å². The van der Waals surface area contributed by atoms with E-state index in [-0.39, 0.29) is 18.1 Å². The van der Waals surface area contributed by atoms with Crippen LogP contribution in [0.15, 0.2) is 6.20 Å². The van der Waals surface area contributed by atoms with Gasteiger partial charge in [-0.2, -0.15) is 0 Å². The fourth-order valence-corrected chi connectivity index (χ4v) is 3.09. The number of hydrogen-bond acceptors (Lipinski definition) is 5. The molecule has 3 rings (SSSR count). The average Bonchev–Trinajstić information content (AvgIpc) is 2.94. The standard InChI is InChI=1S/C13H21N5O2/c1-3-18-10(8-14-15-18)13(19)17-6-7-20-12-4-5-16(2)9-11(12)17/h8,11-12H,3-7,9H2,1-2H3/t11-,12-/m1/s1. The zero-order valence-electron chi connectivity index (χ0n) is 12.0. The molecule has 1 amide bonds. The molecule has 2 fully saturated rings. The van der Waals surface area contributed by atoms with Crippen LogP contribution in [0.4, 0.5) is 0 Å². The molecule has 1 aromatic rings. The van der Waals surface area contributed by atoms with Crippen molar-refractivity contribution in [2.45, 2.75) is 32.0 Å². The van der Waals surface area contributed by atoms with Crippen molar-refractivity contribution in [3.8, 4) is 0 Å². The summed E-state index contributed by atoms with van der Waals surface area (Å²) in [5.74, 6) is 0.0189. The van der Waals surface area contributed by atoms with Gasteiger partial charge in [0, 0.05) is 26.2 Å². The second-order valence-electron chi connectivity index (χ2n) is 5.46. The maximum absolute atomic E-state index is 12.8. The van der Waals surface area contributed by atoms with Crippen LogP contribution in [0.3, 0.4) is 0 Å². The highest BCUT2D eigenvalue weighted by Gasteiger charge is 2.39. The normalized spacial score (nSPS) is 27.4. The van der Waals surface area contributed by atoms with Gasteiger partial charge in [0.15, 0.2) is 0 Å². The van der Waals surface area contributed by atoms with Crippen molar-refractivity contribution < 1.29 is 9.53 Å². The Morgan fingerprint density at radius 1 is 1.50 bits per heavy atom. The number of ether oxygens (including phenoxy) is 1. The van der Waals surface area contributed by atoms with Crippen molar-refractivity contribution in [1.29, 1.82) is 0 Å². The fourth-order valence-electron chi connectivity index (χ4n) is 3.09. The number of carbonyl (C=O) groups is 1. The molecular weight excluding hydrogens is 258 g/mol. The van der Waals surface area contributed by atoms with E-state index in [4.69, 9.17) is 4.74 Å². The number of rotatable bonds is 2. The largest absolute Gasteiger partial charge is 0.374 e. The van der Waals surface area contributed by atoms with Crippen molar-refractivity contribution in [2.24, 2.45) is 0 Å². The third-order valence-electron chi connectivity index (χ3n) is 4.18. The number of hydrogen-bond donors (Lipinski definition) is 0. The smallest absolute Gasteiger partial charge is 0.274 e. The van der Waals surface area contributed by atoms with Gasteiger partial charge in [-0.1, -0.05) is 5.21 Å². The first-order valence-corrected chi connectivity index (χ1v) is 7.20. The maximum atomic E-state index is 12.8. The van der Waals surface area contributed by atoms with Crippen LogP contribution in [0.25, 0.3) is 0 Å². The predicted molar refractivity (Wildman–Crippen MR) is 72.4 cm³/mol. The van der Waals surface area contributed by atoms with E-state index in [1.165, 1.54) is 0 Å². The molecule has 7 heteroatoms. The Hall–Kier alpha value is -1.47. The number of likely N-dealkylation sites (N-methyl/N-ethyl adjacent to an activating group) is 1. The molecule has 0 bridgehead atoms. The SMILES string of the molecule is CCn1nncc1C(=O)N1CCO[C@@H]2CCN(C)C[C@H]21. The summed E-state index contributed by atoms with van der Waals surface area (Å²) in [6.07, 6.45) is 2.70. The molecule has 0 unspecified atom stereocenters. The monoisotopic (exact) mass is 279 g/mol. The molecule has 0 N–H and O–H groups in total. The second-order valence-corrected chi connectivity index (χ2v) is 5.46. The minimum Gasteiger partial charge on any atom is -0.374 e. The second kappa shape index (κ2) is 5.49.